The summed E-state index contributed by atoms with van der Waals surface area (Å²) >= 11 is 0. The van der Waals surface area contributed by atoms with Crippen LogP contribution in [0.2, 0.25) is 0 Å². The van der Waals surface area contributed by atoms with Crippen LogP contribution in [0.5, 0.6) is 0 Å². The van der Waals surface area contributed by atoms with Crippen molar-refractivity contribution in [1.82, 2.24) is 29.0 Å². The highest BCUT2D eigenvalue weighted by Gasteiger charge is 2.29. The minimum Gasteiger partial charge on any atom is -0.368 e. The third kappa shape index (κ3) is 4.16. The molecule has 0 aromatic carbocycles. The number of carbonyl (C=O) groups is 1. The molecule has 8 nitrogen and oxygen atoms in total. The Bertz CT molecular complexity index is 1100. The van der Waals surface area contributed by atoms with Crippen LogP contribution in [-0.2, 0) is 16.1 Å². The lowest BCUT2D eigenvalue weighted by atomic mass is 9.86. The van der Waals surface area contributed by atoms with Gasteiger partial charge in [0, 0.05) is 37.1 Å². The van der Waals surface area contributed by atoms with Gasteiger partial charge in [0.2, 0.25) is 5.91 Å². The van der Waals surface area contributed by atoms with Gasteiger partial charge in [-0.3, -0.25) is 4.79 Å². The molecule has 1 aliphatic heterocycles. The van der Waals surface area contributed by atoms with Crippen molar-refractivity contribution in [3.05, 3.63) is 47.4 Å². The monoisotopic (exact) mass is 436 g/mol. The zero-order valence-corrected chi connectivity index (χ0v) is 19.0. The van der Waals surface area contributed by atoms with Gasteiger partial charge in [-0.2, -0.15) is 5.10 Å². The smallest absolute Gasteiger partial charge is 0.223 e. The Morgan fingerprint density at radius 1 is 1.16 bits per heavy atom. The molecule has 1 aliphatic carbocycles. The van der Waals surface area contributed by atoms with Crippen LogP contribution in [-0.4, -0.2) is 54.7 Å². The van der Waals surface area contributed by atoms with Crippen LogP contribution in [0.25, 0.3) is 5.65 Å². The van der Waals surface area contributed by atoms with Crippen molar-refractivity contribution in [2.24, 2.45) is 5.92 Å². The summed E-state index contributed by atoms with van der Waals surface area (Å²) in [7, 11) is 0. The summed E-state index contributed by atoms with van der Waals surface area (Å²) < 4.78 is 10.1. The second kappa shape index (κ2) is 9.02. The highest BCUT2D eigenvalue weighted by Crippen LogP contribution is 2.29. The number of carbonyl (C=O) groups excluding carboxylic acids is 1. The second-order valence-electron chi connectivity index (χ2n) is 9.18. The van der Waals surface area contributed by atoms with Crippen LogP contribution in [0, 0.1) is 19.8 Å². The lowest BCUT2D eigenvalue weighted by Crippen LogP contribution is -2.43. The molecule has 2 aliphatic rings. The van der Waals surface area contributed by atoms with E-state index in [1.165, 1.54) is 32.1 Å². The fraction of sp³-hybridized carbons (Fsp3) is 0.583. The topological polar surface area (TPSA) is 77.5 Å². The Kier molecular flexibility index (Phi) is 5.95. The predicted octanol–water partition coefficient (Wildman–Crippen LogP) is 3.46. The molecule has 0 bridgehead atoms. The number of amides is 1. The zero-order valence-electron chi connectivity index (χ0n) is 19.0. The molecule has 1 saturated carbocycles. The molecule has 0 radical (unpaired) electrons. The average Bonchev–Trinajstić information content (AvgIpc) is 3.37. The van der Waals surface area contributed by atoms with Gasteiger partial charge in [-0.25, -0.2) is 14.5 Å². The van der Waals surface area contributed by atoms with E-state index >= 15 is 0 Å². The molecule has 0 N–H and O–H groups in total. The highest BCUT2D eigenvalue weighted by atomic mass is 16.5. The predicted molar refractivity (Wildman–Crippen MR) is 120 cm³/mol. The highest BCUT2D eigenvalue weighted by molar-refractivity contribution is 5.76. The van der Waals surface area contributed by atoms with E-state index in [9.17, 15) is 4.79 Å². The number of aryl methyl sites for hydroxylation is 2. The number of nitrogens with zero attached hydrogens (tertiary/aromatic N) is 6. The number of fused-ring (bicyclic) bond motifs is 1. The van der Waals surface area contributed by atoms with Crippen LogP contribution in [0.15, 0.2) is 24.7 Å². The van der Waals surface area contributed by atoms with E-state index in [1.807, 2.05) is 47.9 Å². The van der Waals surface area contributed by atoms with Crippen molar-refractivity contribution < 1.29 is 9.53 Å². The lowest BCUT2D eigenvalue weighted by molar-refractivity contribution is -0.140. The molecule has 1 saturated heterocycles. The molecule has 170 valence electrons. The van der Waals surface area contributed by atoms with Gasteiger partial charge in [-0.15, -0.1) is 0 Å². The Morgan fingerprint density at radius 2 is 2.00 bits per heavy atom. The van der Waals surface area contributed by atoms with E-state index in [0.717, 1.165) is 28.4 Å². The van der Waals surface area contributed by atoms with Crippen LogP contribution >= 0.6 is 0 Å². The third-order valence-corrected chi connectivity index (χ3v) is 7.03. The number of hydrogen-bond donors (Lipinski definition) is 0. The lowest BCUT2D eigenvalue weighted by Gasteiger charge is -2.34. The van der Waals surface area contributed by atoms with Crippen molar-refractivity contribution in [2.75, 3.05) is 19.7 Å². The summed E-state index contributed by atoms with van der Waals surface area (Å²) in [4.78, 5) is 23.9. The summed E-state index contributed by atoms with van der Waals surface area (Å²) in [6.45, 7) is 6.47. The zero-order chi connectivity index (χ0) is 22.1. The van der Waals surface area contributed by atoms with Crippen molar-refractivity contribution in [1.29, 1.82) is 0 Å². The quantitative estimate of drug-likeness (QED) is 0.612. The molecular formula is C24H32N6O2. The third-order valence-electron chi connectivity index (χ3n) is 7.03. The Hall–Kier alpha value is -2.74. The normalized spacial score (nSPS) is 20.2. The number of hydrogen-bond acceptors (Lipinski definition) is 5. The minimum absolute atomic E-state index is 0.202. The summed E-state index contributed by atoms with van der Waals surface area (Å²) in [5.41, 5.74) is 3.80. The fourth-order valence-corrected chi connectivity index (χ4v) is 5.11. The number of ether oxygens (including phenoxy) is 1. The molecule has 3 aromatic rings. The van der Waals surface area contributed by atoms with Gasteiger partial charge in [0.15, 0.2) is 5.65 Å². The number of aromatic nitrogens is 5. The Balaban J connectivity index is 1.36. The second-order valence-corrected chi connectivity index (χ2v) is 9.18. The van der Waals surface area contributed by atoms with E-state index in [0.29, 0.717) is 38.6 Å². The van der Waals surface area contributed by atoms with Crippen molar-refractivity contribution >= 4 is 11.6 Å². The van der Waals surface area contributed by atoms with Crippen molar-refractivity contribution in [3.8, 4) is 0 Å². The van der Waals surface area contributed by atoms with Crippen LogP contribution in [0.3, 0.4) is 0 Å². The SMILES string of the molecule is Cc1nn2c([C@H]3CN(C(=O)CC4CCCCC4)CCO3)ccnc2c1Cn1ccnc1C. The van der Waals surface area contributed by atoms with Crippen LogP contribution in [0.4, 0.5) is 0 Å². The number of imidazole rings is 1. The van der Waals surface area contributed by atoms with Gasteiger partial charge in [-0.05, 0) is 38.7 Å². The van der Waals surface area contributed by atoms with Gasteiger partial charge in [-0.1, -0.05) is 19.3 Å². The molecule has 1 atom stereocenters. The first kappa shape index (κ1) is 21.1. The Morgan fingerprint density at radius 3 is 2.78 bits per heavy atom. The number of morpholine rings is 1. The largest absolute Gasteiger partial charge is 0.368 e. The maximum absolute atomic E-state index is 13.0. The summed E-state index contributed by atoms with van der Waals surface area (Å²) in [5, 5.41) is 4.80. The Labute approximate surface area is 188 Å². The summed E-state index contributed by atoms with van der Waals surface area (Å²) in [6.07, 6.45) is 12.3. The molecule has 8 heteroatoms. The standard InChI is InChI=1S/C24H32N6O2/c1-17-20(15-28-11-10-25-18(28)2)24-26-9-8-21(30(24)27-17)22-16-29(12-13-32-22)23(31)14-19-6-4-3-5-7-19/h8-11,19,22H,3-7,12-16H2,1-2H3/t22-/m1/s1. The van der Waals surface area contributed by atoms with Gasteiger partial charge in [0.05, 0.1) is 31.1 Å². The molecule has 3 aromatic heterocycles. The molecule has 0 unspecified atom stereocenters. The van der Waals surface area contributed by atoms with E-state index in [4.69, 9.17) is 9.84 Å². The van der Waals surface area contributed by atoms with Gasteiger partial charge in [0.1, 0.15) is 11.9 Å². The van der Waals surface area contributed by atoms with Crippen LogP contribution < -0.4 is 0 Å². The van der Waals surface area contributed by atoms with E-state index in [1.54, 1.807) is 0 Å². The molecular weight excluding hydrogens is 404 g/mol. The molecule has 5 rings (SSSR count). The van der Waals surface area contributed by atoms with E-state index in [2.05, 4.69) is 14.5 Å². The first-order valence-corrected chi connectivity index (χ1v) is 11.8. The molecule has 2 fully saturated rings. The van der Waals surface area contributed by atoms with Gasteiger partial charge < -0.3 is 14.2 Å². The van der Waals surface area contributed by atoms with Gasteiger partial charge in [0.25, 0.3) is 0 Å². The first-order chi connectivity index (χ1) is 15.6. The average molecular weight is 437 g/mol. The fourth-order valence-electron chi connectivity index (χ4n) is 5.11. The van der Waals surface area contributed by atoms with Crippen molar-refractivity contribution in [3.63, 3.8) is 0 Å². The first-order valence-electron chi connectivity index (χ1n) is 11.8. The molecule has 32 heavy (non-hydrogen) atoms. The maximum Gasteiger partial charge on any atom is 0.223 e. The van der Waals surface area contributed by atoms with Crippen molar-refractivity contribution in [2.45, 2.75) is 65.0 Å². The van der Waals surface area contributed by atoms with Crippen LogP contribution in [0.1, 0.15) is 67.4 Å². The maximum atomic E-state index is 13.0. The minimum atomic E-state index is -0.202. The molecule has 1 amide bonds. The van der Waals surface area contributed by atoms with E-state index in [-0.39, 0.29) is 12.0 Å². The van der Waals surface area contributed by atoms with Gasteiger partial charge >= 0.3 is 0 Å². The summed E-state index contributed by atoms with van der Waals surface area (Å²) in [6, 6.07) is 1.96. The molecule has 4 heterocycles. The number of rotatable bonds is 5. The van der Waals surface area contributed by atoms with E-state index < -0.39 is 0 Å². The molecule has 0 spiro atoms. The summed E-state index contributed by atoms with van der Waals surface area (Å²) in [5.74, 6) is 1.78.